The molecule has 3 aromatic rings. The maximum Gasteiger partial charge on any atom is 0.244 e. The number of pyridine rings is 1. The Labute approximate surface area is 159 Å². The van der Waals surface area contributed by atoms with Crippen LogP contribution in [0.5, 0.6) is 0 Å². The molecule has 4 rings (SSSR count). The van der Waals surface area contributed by atoms with Gasteiger partial charge in [-0.25, -0.2) is 9.67 Å². The summed E-state index contributed by atoms with van der Waals surface area (Å²) < 4.78 is 3.69. The lowest BCUT2D eigenvalue weighted by Gasteiger charge is -2.17. The fourth-order valence-corrected chi connectivity index (χ4v) is 3.71. The molecule has 1 aliphatic rings. The first kappa shape index (κ1) is 17.7. The van der Waals surface area contributed by atoms with E-state index in [4.69, 9.17) is 0 Å². The summed E-state index contributed by atoms with van der Waals surface area (Å²) in [4.78, 5) is 19.0. The van der Waals surface area contributed by atoms with Crippen molar-refractivity contribution in [1.82, 2.24) is 29.4 Å². The van der Waals surface area contributed by atoms with Crippen LogP contribution in [0.1, 0.15) is 48.2 Å². The molecule has 7 nitrogen and oxygen atoms in total. The van der Waals surface area contributed by atoms with Gasteiger partial charge in [-0.1, -0.05) is 0 Å². The first-order chi connectivity index (χ1) is 13.0. The third-order valence-electron chi connectivity index (χ3n) is 5.48. The number of aryl methyl sites for hydroxylation is 2. The molecule has 0 spiro atoms. The maximum absolute atomic E-state index is 12.8. The van der Waals surface area contributed by atoms with E-state index in [1.165, 1.54) is 18.4 Å². The number of carbonyl (C=O) groups is 1. The highest BCUT2D eigenvalue weighted by Crippen LogP contribution is 2.43. The van der Waals surface area contributed by atoms with Gasteiger partial charge in [0.2, 0.25) is 5.91 Å². The molecule has 0 aliphatic heterocycles. The van der Waals surface area contributed by atoms with E-state index in [0.29, 0.717) is 12.5 Å². The van der Waals surface area contributed by atoms with Gasteiger partial charge in [-0.15, -0.1) is 0 Å². The summed E-state index contributed by atoms with van der Waals surface area (Å²) in [5.41, 5.74) is 5.27. The minimum absolute atomic E-state index is 0.0154. The zero-order valence-electron chi connectivity index (χ0n) is 16.4. The van der Waals surface area contributed by atoms with Gasteiger partial charge in [0.15, 0.2) is 5.65 Å². The number of carbonyl (C=O) groups excluding carboxylic acids is 1. The van der Waals surface area contributed by atoms with Crippen molar-refractivity contribution in [2.45, 2.75) is 59.2 Å². The topological polar surface area (TPSA) is 68.8 Å². The van der Waals surface area contributed by atoms with Crippen LogP contribution in [0.15, 0.2) is 18.5 Å². The van der Waals surface area contributed by atoms with Crippen molar-refractivity contribution in [2.75, 3.05) is 7.05 Å². The number of likely N-dealkylation sites (N-methyl/N-ethyl adjacent to an activating group) is 1. The Hall–Kier alpha value is -2.70. The van der Waals surface area contributed by atoms with E-state index in [2.05, 4.69) is 28.2 Å². The van der Waals surface area contributed by atoms with Crippen LogP contribution < -0.4 is 0 Å². The maximum atomic E-state index is 12.8. The van der Waals surface area contributed by atoms with Gasteiger partial charge >= 0.3 is 0 Å². The highest BCUT2D eigenvalue weighted by atomic mass is 16.2. The van der Waals surface area contributed by atoms with Crippen LogP contribution in [0.4, 0.5) is 0 Å². The summed E-state index contributed by atoms with van der Waals surface area (Å²) in [6.45, 7) is 7.68. The molecule has 0 radical (unpaired) electrons. The molecule has 7 heteroatoms. The number of aromatic nitrogens is 5. The Morgan fingerprint density at radius 3 is 2.74 bits per heavy atom. The van der Waals surface area contributed by atoms with Gasteiger partial charge in [-0.2, -0.15) is 10.2 Å². The molecule has 0 N–H and O–H groups in total. The highest BCUT2D eigenvalue weighted by Gasteiger charge is 2.28. The second kappa shape index (κ2) is 6.79. The zero-order valence-corrected chi connectivity index (χ0v) is 16.4. The molecule has 0 aromatic carbocycles. The lowest BCUT2D eigenvalue weighted by Crippen LogP contribution is -2.30. The molecular formula is C20H26N6O. The van der Waals surface area contributed by atoms with Gasteiger partial charge in [0.1, 0.15) is 6.54 Å². The lowest BCUT2D eigenvalue weighted by molar-refractivity contribution is -0.131. The SMILES string of the molecule is CCn1ncc(CN(C)C(=O)Cn2nc(C)c3c(C4CC4)ccnc32)c1C. The number of rotatable bonds is 6. The minimum atomic E-state index is 0.0154. The van der Waals surface area contributed by atoms with Gasteiger partial charge in [0.05, 0.1) is 11.9 Å². The molecule has 27 heavy (non-hydrogen) atoms. The summed E-state index contributed by atoms with van der Waals surface area (Å²) >= 11 is 0. The van der Waals surface area contributed by atoms with Gasteiger partial charge in [-0.3, -0.25) is 9.48 Å². The van der Waals surface area contributed by atoms with Crippen LogP contribution in [0.25, 0.3) is 11.0 Å². The van der Waals surface area contributed by atoms with Crippen molar-refractivity contribution in [3.8, 4) is 0 Å². The highest BCUT2D eigenvalue weighted by molar-refractivity contribution is 5.85. The monoisotopic (exact) mass is 366 g/mol. The largest absolute Gasteiger partial charge is 0.340 e. The number of hydrogen-bond donors (Lipinski definition) is 0. The van der Waals surface area contributed by atoms with E-state index >= 15 is 0 Å². The summed E-state index contributed by atoms with van der Waals surface area (Å²) in [5, 5.41) is 10.1. The van der Waals surface area contributed by atoms with Gasteiger partial charge in [0.25, 0.3) is 0 Å². The van der Waals surface area contributed by atoms with Gasteiger partial charge < -0.3 is 4.90 Å². The minimum Gasteiger partial charge on any atom is -0.340 e. The molecule has 3 heterocycles. The fraction of sp³-hybridized carbons (Fsp3) is 0.500. The fourth-order valence-electron chi connectivity index (χ4n) is 3.71. The summed E-state index contributed by atoms with van der Waals surface area (Å²) in [7, 11) is 1.83. The molecule has 0 bridgehead atoms. The van der Waals surface area contributed by atoms with Crippen LogP contribution in [-0.4, -0.2) is 42.4 Å². The van der Waals surface area contributed by atoms with Crippen molar-refractivity contribution in [3.63, 3.8) is 0 Å². The average molecular weight is 366 g/mol. The van der Waals surface area contributed by atoms with E-state index in [0.717, 1.165) is 34.5 Å². The van der Waals surface area contributed by atoms with Crippen molar-refractivity contribution < 1.29 is 4.79 Å². The lowest BCUT2D eigenvalue weighted by atomic mass is 10.1. The molecule has 1 saturated carbocycles. The first-order valence-electron chi connectivity index (χ1n) is 9.56. The molecule has 142 valence electrons. The van der Waals surface area contributed by atoms with Crippen LogP contribution >= 0.6 is 0 Å². The molecule has 0 saturated heterocycles. The van der Waals surface area contributed by atoms with E-state index in [1.54, 1.807) is 9.58 Å². The molecule has 1 fully saturated rings. The Morgan fingerprint density at radius 2 is 2.07 bits per heavy atom. The molecule has 1 aliphatic carbocycles. The molecular weight excluding hydrogens is 340 g/mol. The van der Waals surface area contributed by atoms with Crippen LogP contribution in [0.2, 0.25) is 0 Å². The molecule has 0 atom stereocenters. The number of nitrogens with zero attached hydrogens (tertiary/aromatic N) is 6. The number of hydrogen-bond acceptors (Lipinski definition) is 4. The van der Waals surface area contributed by atoms with Gasteiger partial charge in [-0.05, 0) is 51.2 Å². The molecule has 1 amide bonds. The predicted octanol–water partition coefficient (Wildman–Crippen LogP) is 2.80. The Morgan fingerprint density at radius 1 is 1.30 bits per heavy atom. The van der Waals surface area contributed by atoms with Crippen molar-refractivity contribution in [1.29, 1.82) is 0 Å². The Bertz CT molecular complexity index is 997. The van der Waals surface area contributed by atoms with Crippen LogP contribution in [0.3, 0.4) is 0 Å². The number of fused-ring (bicyclic) bond motifs is 1. The zero-order chi connectivity index (χ0) is 19.1. The van der Waals surface area contributed by atoms with Gasteiger partial charge in [0, 0.05) is 43.0 Å². The quantitative estimate of drug-likeness (QED) is 0.673. The van der Waals surface area contributed by atoms with E-state index < -0.39 is 0 Å². The van der Waals surface area contributed by atoms with Crippen molar-refractivity contribution in [3.05, 3.63) is 41.0 Å². The Balaban J connectivity index is 1.54. The standard InChI is InChI=1S/C20H26N6O/c1-5-25-14(3)16(10-22-25)11-24(4)18(27)12-26-20-19(13(2)23-26)17(8-9-21-20)15-6-7-15/h8-10,15H,5-7,11-12H2,1-4H3. The van der Waals surface area contributed by atoms with E-state index in [1.807, 2.05) is 38.0 Å². The second-order valence-electron chi connectivity index (χ2n) is 7.44. The van der Waals surface area contributed by atoms with Crippen molar-refractivity contribution in [2.24, 2.45) is 0 Å². The van der Waals surface area contributed by atoms with E-state index in [9.17, 15) is 4.79 Å². The molecule has 3 aromatic heterocycles. The predicted molar refractivity (Wildman–Crippen MR) is 103 cm³/mol. The van der Waals surface area contributed by atoms with E-state index in [-0.39, 0.29) is 12.5 Å². The summed E-state index contributed by atoms with van der Waals surface area (Å²) in [5.74, 6) is 0.643. The second-order valence-corrected chi connectivity index (χ2v) is 7.44. The first-order valence-corrected chi connectivity index (χ1v) is 9.56. The molecule has 0 unspecified atom stereocenters. The third kappa shape index (κ3) is 3.22. The van der Waals surface area contributed by atoms with Crippen molar-refractivity contribution >= 4 is 16.9 Å². The normalized spacial score (nSPS) is 14.1. The van der Waals surface area contributed by atoms with Crippen LogP contribution in [0, 0.1) is 13.8 Å². The third-order valence-corrected chi connectivity index (χ3v) is 5.48. The van der Waals surface area contributed by atoms with Crippen LogP contribution in [-0.2, 0) is 24.4 Å². The number of amides is 1. The smallest absolute Gasteiger partial charge is 0.244 e. The summed E-state index contributed by atoms with van der Waals surface area (Å²) in [6.07, 6.45) is 6.15. The average Bonchev–Trinajstić information content (AvgIpc) is 3.38. The summed E-state index contributed by atoms with van der Waals surface area (Å²) in [6, 6.07) is 2.10. The Kier molecular flexibility index (Phi) is 4.45.